The van der Waals surface area contributed by atoms with Crippen molar-refractivity contribution in [3.63, 3.8) is 0 Å². The standard InChI is InChI=1S/C20H24NO2/c1-21(2)10-9-14-12-17(22-3)20(23-4)19-15-8-6-5-7-13(15)11-16(21)18(14)19/h5-8,12,16H,9-11H2,1-4H3/q+1/t16-/m1/s1. The number of fused-ring (bicyclic) bond motifs is 2. The van der Waals surface area contributed by atoms with Crippen molar-refractivity contribution in [3.05, 3.63) is 47.0 Å². The normalized spacial score (nSPS) is 20.4. The summed E-state index contributed by atoms with van der Waals surface area (Å²) >= 11 is 0. The maximum absolute atomic E-state index is 5.80. The molecule has 0 bridgehead atoms. The molecule has 2 aliphatic rings. The molecule has 0 saturated heterocycles. The van der Waals surface area contributed by atoms with E-state index in [0.717, 1.165) is 35.4 Å². The number of hydrogen-bond donors (Lipinski definition) is 0. The van der Waals surface area contributed by atoms with Crippen LogP contribution in [0.4, 0.5) is 0 Å². The molecule has 1 atom stereocenters. The first kappa shape index (κ1) is 14.6. The molecular formula is C20H24NO2+. The van der Waals surface area contributed by atoms with E-state index in [2.05, 4.69) is 44.4 Å². The molecule has 23 heavy (non-hydrogen) atoms. The number of methoxy groups -OCH3 is 2. The highest BCUT2D eigenvalue weighted by Crippen LogP contribution is 2.53. The Hall–Kier alpha value is -2.00. The van der Waals surface area contributed by atoms with Gasteiger partial charge in [0.2, 0.25) is 0 Å². The molecule has 0 N–H and O–H groups in total. The molecule has 2 aromatic carbocycles. The molecule has 0 amide bonds. The van der Waals surface area contributed by atoms with Crippen molar-refractivity contribution in [2.45, 2.75) is 18.9 Å². The molecule has 0 fully saturated rings. The van der Waals surface area contributed by atoms with Crippen LogP contribution >= 0.6 is 0 Å². The predicted molar refractivity (Wildman–Crippen MR) is 92.1 cm³/mol. The monoisotopic (exact) mass is 310 g/mol. The average Bonchev–Trinajstić information content (AvgIpc) is 2.57. The molecule has 3 nitrogen and oxygen atoms in total. The van der Waals surface area contributed by atoms with E-state index in [1.54, 1.807) is 14.2 Å². The summed E-state index contributed by atoms with van der Waals surface area (Å²) in [7, 11) is 8.17. The Morgan fingerprint density at radius 3 is 2.57 bits per heavy atom. The van der Waals surface area contributed by atoms with Gasteiger partial charge in [-0.3, -0.25) is 0 Å². The van der Waals surface area contributed by atoms with Gasteiger partial charge < -0.3 is 14.0 Å². The van der Waals surface area contributed by atoms with Gasteiger partial charge in [-0.1, -0.05) is 24.3 Å². The van der Waals surface area contributed by atoms with Crippen molar-refractivity contribution in [3.8, 4) is 22.6 Å². The van der Waals surface area contributed by atoms with E-state index in [0.29, 0.717) is 6.04 Å². The minimum Gasteiger partial charge on any atom is -0.493 e. The van der Waals surface area contributed by atoms with E-state index in [1.807, 2.05) is 0 Å². The minimum absolute atomic E-state index is 0.489. The third-order valence-corrected chi connectivity index (χ3v) is 5.63. The van der Waals surface area contributed by atoms with Crippen LogP contribution in [0.5, 0.6) is 11.5 Å². The molecule has 1 aliphatic heterocycles. The van der Waals surface area contributed by atoms with E-state index in [-0.39, 0.29) is 0 Å². The first-order chi connectivity index (χ1) is 11.1. The summed E-state index contributed by atoms with van der Waals surface area (Å²) in [6.45, 7) is 1.16. The van der Waals surface area contributed by atoms with Gasteiger partial charge in [0.1, 0.15) is 6.04 Å². The van der Waals surface area contributed by atoms with Crippen molar-refractivity contribution in [2.75, 3.05) is 34.9 Å². The van der Waals surface area contributed by atoms with Gasteiger partial charge >= 0.3 is 0 Å². The topological polar surface area (TPSA) is 18.5 Å². The van der Waals surface area contributed by atoms with Gasteiger partial charge in [0.25, 0.3) is 0 Å². The highest BCUT2D eigenvalue weighted by Gasteiger charge is 2.42. The van der Waals surface area contributed by atoms with E-state index < -0.39 is 0 Å². The quantitative estimate of drug-likeness (QED) is 0.789. The lowest BCUT2D eigenvalue weighted by Gasteiger charge is -2.46. The summed E-state index contributed by atoms with van der Waals surface area (Å²) in [4.78, 5) is 0. The fourth-order valence-electron chi connectivity index (χ4n) is 4.33. The summed E-state index contributed by atoms with van der Waals surface area (Å²) in [5.74, 6) is 1.73. The SMILES string of the molecule is COc1cc2c3c(c1OC)-c1ccccc1C[C@H]3[N+](C)(C)CC2. The van der Waals surface area contributed by atoms with Crippen LogP contribution in [0.1, 0.15) is 22.7 Å². The van der Waals surface area contributed by atoms with Crippen LogP contribution in [-0.2, 0) is 12.8 Å². The first-order valence-electron chi connectivity index (χ1n) is 8.25. The lowest BCUT2D eigenvalue weighted by Crippen LogP contribution is -2.49. The summed E-state index contributed by atoms with van der Waals surface area (Å²) < 4.78 is 12.5. The fraction of sp³-hybridized carbons (Fsp3) is 0.400. The number of quaternary nitrogens is 1. The second-order valence-corrected chi connectivity index (χ2v) is 7.19. The van der Waals surface area contributed by atoms with Gasteiger partial charge in [-0.15, -0.1) is 0 Å². The van der Waals surface area contributed by atoms with Gasteiger partial charge in [-0.2, -0.15) is 0 Å². The van der Waals surface area contributed by atoms with Crippen molar-refractivity contribution in [2.24, 2.45) is 0 Å². The molecule has 0 aromatic heterocycles. The van der Waals surface area contributed by atoms with Crippen LogP contribution in [0.15, 0.2) is 30.3 Å². The maximum atomic E-state index is 5.80. The number of benzene rings is 2. The van der Waals surface area contributed by atoms with Crippen LogP contribution in [0, 0.1) is 0 Å². The second-order valence-electron chi connectivity index (χ2n) is 7.19. The molecule has 0 saturated carbocycles. The molecule has 1 aliphatic carbocycles. The molecule has 1 heterocycles. The molecule has 0 unspecified atom stereocenters. The van der Waals surface area contributed by atoms with E-state index in [9.17, 15) is 0 Å². The minimum atomic E-state index is 0.489. The third-order valence-electron chi connectivity index (χ3n) is 5.63. The van der Waals surface area contributed by atoms with Crippen molar-refractivity contribution in [1.82, 2.24) is 0 Å². The molecule has 2 aromatic rings. The smallest absolute Gasteiger partial charge is 0.169 e. The Morgan fingerprint density at radius 2 is 1.83 bits per heavy atom. The molecule has 0 spiro atoms. The van der Waals surface area contributed by atoms with Gasteiger partial charge in [-0.25, -0.2) is 0 Å². The largest absolute Gasteiger partial charge is 0.493 e. The Morgan fingerprint density at radius 1 is 1.04 bits per heavy atom. The highest BCUT2D eigenvalue weighted by molar-refractivity contribution is 5.83. The Bertz CT molecular complexity index is 779. The van der Waals surface area contributed by atoms with Crippen LogP contribution in [-0.4, -0.2) is 39.3 Å². The van der Waals surface area contributed by atoms with Gasteiger partial charge in [0.05, 0.1) is 34.9 Å². The lowest BCUT2D eigenvalue weighted by atomic mass is 9.75. The lowest BCUT2D eigenvalue weighted by molar-refractivity contribution is -0.923. The number of hydrogen-bond acceptors (Lipinski definition) is 2. The van der Waals surface area contributed by atoms with Gasteiger partial charge in [0, 0.05) is 24.0 Å². The zero-order valence-electron chi connectivity index (χ0n) is 14.3. The van der Waals surface area contributed by atoms with Crippen LogP contribution in [0.2, 0.25) is 0 Å². The number of ether oxygens (including phenoxy) is 2. The fourth-order valence-corrected chi connectivity index (χ4v) is 4.33. The Labute approximate surface area is 138 Å². The van der Waals surface area contributed by atoms with E-state index >= 15 is 0 Å². The van der Waals surface area contributed by atoms with Gasteiger partial charge in [-0.05, 0) is 22.8 Å². The predicted octanol–water partition coefficient (Wildman–Crippen LogP) is 3.60. The van der Waals surface area contributed by atoms with E-state index in [4.69, 9.17) is 9.47 Å². The summed E-state index contributed by atoms with van der Waals surface area (Å²) in [5, 5.41) is 0. The van der Waals surface area contributed by atoms with Crippen LogP contribution in [0.3, 0.4) is 0 Å². The Balaban J connectivity index is 2.10. The summed E-state index contributed by atoms with van der Waals surface area (Å²) in [6.07, 6.45) is 2.19. The summed E-state index contributed by atoms with van der Waals surface area (Å²) in [5.41, 5.74) is 6.86. The van der Waals surface area contributed by atoms with Crippen molar-refractivity contribution >= 4 is 0 Å². The second kappa shape index (κ2) is 5.00. The zero-order chi connectivity index (χ0) is 16.2. The molecule has 120 valence electrons. The van der Waals surface area contributed by atoms with Crippen molar-refractivity contribution in [1.29, 1.82) is 0 Å². The van der Waals surface area contributed by atoms with Crippen LogP contribution < -0.4 is 9.47 Å². The number of nitrogens with zero attached hydrogens (tertiary/aromatic N) is 1. The molecular weight excluding hydrogens is 286 g/mol. The van der Waals surface area contributed by atoms with E-state index in [1.165, 1.54) is 27.8 Å². The molecule has 4 rings (SSSR count). The zero-order valence-corrected chi connectivity index (χ0v) is 14.3. The molecule has 0 radical (unpaired) electrons. The Kier molecular flexibility index (Phi) is 3.17. The number of rotatable bonds is 2. The third kappa shape index (κ3) is 1.99. The summed E-state index contributed by atoms with van der Waals surface area (Å²) in [6, 6.07) is 11.4. The average molecular weight is 310 g/mol. The molecule has 3 heteroatoms. The first-order valence-corrected chi connectivity index (χ1v) is 8.25. The van der Waals surface area contributed by atoms with Crippen LogP contribution in [0.25, 0.3) is 11.1 Å². The maximum Gasteiger partial charge on any atom is 0.169 e. The highest BCUT2D eigenvalue weighted by atomic mass is 16.5. The number of likely N-dealkylation sites (N-methyl/N-ethyl adjacent to an activating group) is 1. The van der Waals surface area contributed by atoms with Crippen molar-refractivity contribution < 1.29 is 14.0 Å². The van der Waals surface area contributed by atoms with Gasteiger partial charge in [0.15, 0.2) is 11.5 Å².